The molecule has 0 fully saturated rings. The van der Waals surface area contributed by atoms with Crippen molar-refractivity contribution < 1.29 is 4.79 Å². The van der Waals surface area contributed by atoms with Gasteiger partial charge in [-0.25, -0.2) is 4.68 Å². The molecule has 3 aromatic rings. The van der Waals surface area contributed by atoms with Crippen molar-refractivity contribution in [2.24, 2.45) is 0 Å². The van der Waals surface area contributed by atoms with Gasteiger partial charge in [0.05, 0.1) is 25.0 Å². The van der Waals surface area contributed by atoms with E-state index in [0.29, 0.717) is 25.3 Å². The van der Waals surface area contributed by atoms with Gasteiger partial charge in [-0.1, -0.05) is 41.9 Å². The normalized spacial score (nSPS) is 13.2. The molecule has 8 heteroatoms. The van der Waals surface area contributed by atoms with Crippen LogP contribution >= 0.6 is 22.9 Å². The smallest absolute Gasteiger partial charge is 0.287 e. The summed E-state index contributed by atoms with van der Waals surface area (Å²) < 4.78 is 1.31. The van der Waals surface area contributed by atoms with Crippen molar-refractivity contribution in [1.29, 1.82) is 0 Å². The van der Waals surface area contributed by atoms with Gasteiger partial charge in [-0.2, -0.15) is 5.10 Å². The lowest BCUT2D eigenvalue weighted by Crippen LogP contribution is -2.39. The van der Waals surface area contributed by atoms with Crippen molar-refractivity contribution in [2.75, 3.05) is 18.4 Å². The Labute approximate surface area is 171 Å². The Kier molecular flexibility index (Phi) is 5.45. The van der Waals surface area contributed by atoms with Crippen molar-refractivity contribution in [3.05, 3.63) is 79.4 Å². The van der Waals surface area contributed by atoms with E-state index in [2.05, 4.69) is 21.9 Å². The topological polar surface area (TPSA) is 67.2 Å². The second kappa shape index (κ2) is 8.16. The predicted molar refractivity (Wildman–Crippen MR) is 111 cm³/mol. The number of carbonyl (C=O) groups is 1. The fourth-order valence-electron chi connectivity index (χ4n) is 3.20. The Bertz CT molecular complexity index is 1050. The molecule has 0 saturated carbocycles. The number of carbonyl (C=O) groups excluding carboxylic acids is 1. The molecule has 0 spiro atoms. The monoisotopic (exact) mass is 414 g/mol. The van der Waals surface area contributed by atoms with Gasteiger partial charge in [0.1, 0.15) is 5.02 Å². The van der Waals surface area contributed by atoms with E-state index in [1.165, 1.54) is 21.3 Å². The largest absolute Gasteiger partial charge is 0.373 e. The number of thiophene rings is 1. The average molecular weight is 415 g/mol. The molecular formula is C20H19ClN4O2S. The zero-order valence-corrected chi connectivity index (χ0v) is 16.7. The molecule has 144 valence electrons. The Morgan fingerprint density at radius 2 is 2.07 bits per heavy atom. The highest BCUT2D eigenvalue weighted by molar-refractivity contribution is 7.10. The first-order valence-electron chi connectivity index (χ1n) is 8.98. The molecule has 1 amide bonds. The lowest BCUT2D eigenvalue weighted by atomic mass is 10.1. The molecule has 1 N–H and O–H groups in total. The fraction of sp³-hybridized carbons (Fsp3) is 0.250. The Hall–Kier alpha value is -2.64. The fourth-order valence-corrected chi connectivity index (χ4v) is 4.30. The summed E-state index contributed by atoms with van der Waals surface area (Å²) in [5.74, 6) is -0.0265. The van der Waals surface area contributed by atoms with Crippen LogP contribution in [0.1, 0.15) is 16.0 Å². The van der Waals surface area contributed by atoms with Crippen LogP contribution in [0.3, 0.4) is 0 Å². The summed E-state index contributed by atoms with van der Waals surface area (Å²) >= 11 is 7.97. The maximum Gasteiger partial charge on any atom is 0.287 e. The van der Waals surface area contributed by atoms with Gasteiger partial charge >= 0.3 is 0 Å². The third-order valence-corrected chi connectivity index (χ3v) is 6.14. The van der Waals surface area contributed by atoms with Gasteiger partial charge in [-0.3, -0.25) is 9.59 Å². The molecular weight excluding hydrogens is 396 g/mol. The highest BCUT2D eigenvalue weighted by Crippen LogP contribution is 2.24. The first-order chi connectivity index (χ1) is 13.6. The first-order valence-corrected chi connectivity index (χ1v) is 10.2. The maximum absolute atomic E-state index is 12.5. The van der Waals surface area contributed by atoms with Gasteiger partial charge < -0.3 is 10.2 Å². The summed E-state index contributed by atoms with van der Waals surface area (Å²) in [6.07, 6.45) is 2.38. The summed E-state index contributed by atoms with van der Waals surface area (Å²) in [7, 11) is 0. The van der Waals surface area contributed by atoms with E-state index in [9.17, 15) is 9.59 Å². The molecule has 1 aliphatic heterocycles. The molecule has 1 aromatic carbocycles. The molecule has 0 radical (unpaired) electrons. The second-order valence-electron chi connectivity index (χ2n) is 6.61. The summed E-state index contributed by atoms with van der Waals surface area (Å²) in [4.78, 5) is 28.2. The van der Waals surface area contributed by atoms with Gasteiger partial charge in [0, 0.05) is 18.0 Å². The molecule has 1 aliphatic rings. The maximum atomic E-state index is 12.5. The van der Waals surface area contributed by atoms with Gasteiger partial charge in [-0.15, -0.1) is 11.3 Å². The zero-order valence-electron chi connectivity index (χ0n) is 15.1. The van der Waals surface area contributed by atoms with Crippen molar-refractivity contribution >= 4 is 34.5 Å². The highest BCUT2D eigenvalue weighted by atomic mass is 35.5. The predicted octanol–water partition coefficient (Wildman–Crippen LogP) is 3.00. The van der Waals surface area contributed by atoms with E-state index >= 15 is 0 Å². The number of benzene rings is 1. The van der Waals surface area contributed by atoms with Crippen LogP contribution in [0.5, 0.6) is 0 Å². The van der Waals surface area contributed by atoms with E-state index in [1.807, 2.05) is 35.2 Å². The zero-order chi connectivity index (χ0) is 19.5. The average Bonchev–Trinajstić information content (AvgIpc) is 3.19. The Morgan fingerprint density at radius 3 is 2.89 bits per heavy atom. The number of halogens is 1. The summed E-state index contributed by atoms with van der Waals surface area (Å²) in [5, 5.41) is 9.25. The van der Waals surface area contributed by atoms with Crippen molar-refractivity contribution in [3.8, 4) is 0 Å². The van der Waals surface area contributed by atoms with E-state index in [0.717, 1.165) is 12.0 Å². The van der Waals surface area contributed by atoms with Gasteiger partial charge in [0.15, 0.2) is 0 Å². The van der Waals surface area contributed by atoms with Crippen LogP contribution in [0, 0.1) is 0 Å². The standard InChI is InChI=1S/C20H19ClN4O2S/c21-19-16(10-23-25(20(19)27)12-14-4-2-1-3-5-14)22-11-18(26)24-8-6-17-15(13-24)7-9-28-17/h1-5,7,9-10,22H,6,8,11-13H2. The van der Waals surface area contributed by atoms with E-state index in [4.69, 9.17) is 11.6 Å². The molecule has 6 nitrogen and oxygen atoms in total. The van der Waals surface area contributed by atoms with Crippen LogP contribution in [0.25, 0.3) is 0 Å². The lowest BCUT2D eigenvalue weighted by Gasteiger charge is -2.27. The third-order valence-electron chi connectivity index (χ3n) is 4.75. The molecule has 4 rings (SSSR count). The van der Waals surface area contributed by atoms with Crippen LogP contribution in [0.4, 0.5) is 5.69 Å². The number of anilines is 1. The SMILES string of the molecule is O=C(CNc1cnn(Cc2ccccc2)c(=O)c1Cl)N1CCc2sccc2C1. The Balaban J connectivity index is 1.40. The summed E-state index contributed by atoms with van der Waals surface area (Å²) in [6.45, 7) is 1.75. The minimum atomic E-state index is -0.385. The number of hydrogen-bond acceptors (Lipinski definition) is 5. The number of aromatic nitrogens is 2. The minimum absolute atomic E-state index is 0.0265. The van der Waals surface area contributed by atoms with Crippen LogP contribution in [0.15, 0.2) is 52.8 Å². The summed E-state index contributed by atoms with van der Waals surface area (Å²) in [5.41, 5.74) is 2.16. The molecule has 0 saturated heterocycles. The van der Waals surface area contributed by atoms with Crippen molar-refractivity contribution in [1.82, 2.24) is 14.7 Å². The van der Waals surface area contributed by atoms with Crippen molar-refractivity contribution in [3.63, 3.8) is 0 Å². The van der Waals surface area contributed by atoms with Gasteiger partial charge in [0.25, 0.3) is 5.56 Å². The number of hydrogen-bond donors (Lipinski definition) is 1. The number of nitrogens with zero attached hydrogens (tertiary/aromatic N) is 3. The number of rotatable bonds is 5. The van der Waals surface area contributed by atoms with Crippen molar-refractivity contribution in [2.45, 2.75) is 19.5 Å². The molecule has 0 unspecified atom stereocenters. The first kappa shape index (κ1) is 18.7. The van der Waals surface area contributed by atoms with Gasteiger partial charge in [-0.05, 0) is 29.0 Å². The molecule has 3 heterocycles. The number of amides is 1. The molecule has 2 aromatic heterocycles. The highest BCUT2D eigenvalue weighted by Gasteiger charge is 2.21. The number of fused-ring (bicyclic) bond motifs is 1. The van der Waals surface area contributed by atoms with E-state index in [1.54, 1.807) is 11.3 Å². The Morgan fingerprint density at radius 1 is 1.25 bits per heavy atom. The molecule has 0 atom stereocenters. The van der Waals surface area contributed by atoms with E-state index in [-0.39, 0.29) is 23.0 Å². The van der Waals surface area contributed by atoms with Crippen LogP contribution in [-0.2, 0) is 24.3 Å². The van der Waals surface area contributed by atoms with Gasteiger partial charge in [0.2, 0.25) is 5.91 Å². The van der Waals surface area contributed by atoms with Crippen LogP contribution in [0.2, 0.25) is 5.02 Å². The third kappa shape index (κ3) is 3.95. The second-order valence-corrected chi connectivity index (χ2v) is 7.99. The lowest BCUT2D eigenvalue weighted by molar-refractivity contribution is -0.130. The van der Waals surface area contributed by atoms with Crippen LogP contribution < -0.4 is 10.9 Å². The quantitative estimate of drug-likeness (QED) is 0.697. The van der Waals surface area contributed by atoms with E-state index < -0.39 is 0 Å². The minimum Gasteiger partial charge on any atom is -0.373 e. The molecule has 0 aliphatic carbocycles. The molecule has 0 bridgehead atoms. The van der Waals surface area contributed by atoms with Crippen LogP contribution in [-0.4, -0.2) is 33.7 Å². The number of nitrogens with one attached hydrogen (secondary N) is 1. The molecule has 28 heavy (non-hydrogen) atoms. The summed E-state index contributed by atoms with van der Waals surface area (Å²) in [6, 6.07) is 11.6.